The number of nitrogens with one attached hydrogen (secondary N) is 1. The van der Waals surface area contributed by atoms with Gasteiger partial charge in [-0.05, 0) is 63.4 Å². The summed E-state index contributed by atoms with van der Waals surface area (Å²) in [5.41, 5.74) is 3.78. The number of aliphatic hydroxyl groups is 1. The Hall–Kier alpha value is -4.35. The monoisotopic (exact) mass is 667 g/mol. The minimum atomic E-state index is -3.48. The number of anilines is 3. The Bertz CT molecular complexity index is 1930. The zero-order valence-electron chi connectivity index (χ0n) is 27.4. The fourth-order valence-electron chi connectivity index (χ4n) is 5.97. The van der Waals surface area contributed by atoms with Crippen LogP contribution in [0.15, 0.2) is 61.2 Å². The zero-order chi connectivity index (χ0) is 33.3. The number of rotatable bonds is 8. The van der Waals surface area contributed by atoms with Crippen LogP contribution in [0.4, 0.5) is 17.3 Å². The molecule has 3 aliphatic rings. The van der Waals surface area contributed by atoms with E-state index in [-0.39, 0.29) is 5.25 Å². The van der Waals surface area contributed by atoms with Crippen LogP contribution in [0.3, 0.4) is 0 Å². The fraction of sp³-hybridized carbons (Fsp3) is 0.429. The van der Waals surface area contributed by atoms with Crippen molar-refractivity contribution in [2.24, 2.45) is 0 Å². The maximum Gasteiger partial charge on any atom is 0.256 e. The molecule has 3 aromatic heterocycles. The molecular weight excluding hydrogens is 627 g/mol. The fourth-order valence-corrected chi connectivity index (χ4v) is 7.45. The molecule has 0 amide bonds. The van der Waals surface area contributed by atoms with Crippen LogP contribution in [0.5, 0.6) is 0 Å². The van der Waals surface area contributed by atoms with E-state index in [1.807, 2.05) is 13.0 Å². The summed E-state index contributed by atoms with van der Waals surface area (Å²) in [6.07, 6.45) is 8.94. The van der Waals surface area contributed by atoms with Gasteiger partial charge in [0.2, 0.25) is 0 Å². The minimum Gasteiger partial charge on any atom is -0.390 e. The quantitative estimate of drug-likeness (QED) is 0.268. The molecule has 4 aromatic rings. The second-order valence-electron chi connectivity index (χ2n) is 13.3. The molecule has 2 aliphatic heterocycles. The van der Waals surface area contributed by atoms with E-state index in [0.29, 0.717) is 61.8 Å². The van der Waals surface area contributed by atoms with E-state index in [0.717, 1.165) is 53.6 Å². The van der Waals surface area contributed by atoms with Crippen molar-refractivity contribution >= 4 is 27.3 Å². The van der Waals surface area contributed by atoms with Crippen LogP contribution in [-0.2, 0) is 16.6 Å². The molecule has 0 radical (unpaired) electrons. The Morgan fingerprint density at radius 2 is 1.71 bits per heavy atom. The first-order valence-electron chi connectivity index (χ1n) is 16.5. The number of pyridine rings is 1. The number of hydrogen-bond donors (Lipinski definition) is 2. The molecule has 2 saturated heterocycles. The van der Waals surface area contributed by atoms with Crippen LogP contribution in [0, 0.1) is 11.8 Å². The molecule has 7 rings (SSSR count). The highest BCUT2D eigenvalue weighted by Gasteiger charge is 2.37. The van der Waals surface area contributed by atoms with Gasteiger partial charge in [0, 0.05) is 69.8 Å². The summed E-state index contributed by atoms with van der Waals surface area (Å²) in [5, 5.41) is 17.6. The number of hydrogen-bond acceptors (Lipinski definition) is 11. The summed E-state index contributed by atoms with van der Waals surface area (Å²) in [4.78, 5) is 20.7. The number of piperidine rings is 1. The molecule has 0 bridgehead atoms. The normalized spacial score (nSPS) is 18.7. The molecule has 3 fully saturated rings. The standard InChI is InChI=1S/C35H41N9O3S/c1-35(45)12-15-43(16-13-35)31-21-33(39-32-11-14-36-34(40-32)29-23-38-44(25-29)48(46,47)30-9-10-30)37-22-28(31)8-7-26-3-5-27(6-4-26)24-42-19-17-41(2)18-20-42/h3-6,11,14,21-23,25,30,45H,9-10,12-13,15-20,24H2,1-2H3,(H,36,37,39,40). The van der Waals surface area contributed by atoms with Gasteiger partial charge in [0.25, 0.3) is 10.0 Å². The van der Waals surface area contributed by atoms with Crippen molar-refractivity contribution < 1.29 is 13.5 Å². The van der Waals surface area contributed by atoms with E-state index in [1.165, 1.54) is 18.0 Å². The molecule has 48 heavy (non-hydrogen) atoms. The Kier molecular flexibility index (Phi) is 8.91. The molecule has 0 atom stereocenters. The summed E-state index contributed by atoms with van der Waals surface area (Å²) in [5.74, 6) is 8.13. The number of aromatic nitrogens is 5. The first-order valence-corrected chi connectivity index (χ1v) is 18.0. The number of likely N-dealkylation sites (N-methyl/N-ethyl adjacent to an activating group) is 1. The van der Waals surface area contributed by atoms with Crippen LogP contribution < -0.4 is 10.2 Å². The summed E-state index contributed by atoms with van der Waals surface area (Å²) >= 11 is 0. The van der Waals surface area contributed by atoms with Gasteiger partial charge in [-0.15, -0.1) is 0 Å². The molecule has 1 aliphatic carbocycles. The molecule has 1 aromatic carbocycles. The lowest BCUT2D eigenvalue weighted by Crippen LogP contribution is -2.43. The Labute approximate surface area is 281 Å². The van der Waals surface area contributed by atoms with Gasteiger partial charge in [-0.25, -0.2) is 23.4 Å². The molecule has 0 spiro atoms. The molecule has 2 N–H and O–H groups in total. The van der Waals surface area contributed by atoms with Crippen LogP contribution >= 0.6 is 0 Å². The summed E-state index contributed by atoms with van der Waals surface area (Å²) in [7, 11) is -1.31. The van der Waals surface area contributed by atoms with Crippen LogP contribution in [0.1, 0.15) is 49.3 Å². The lowest BCUT2D eigenvalue weighted by molar-refractivity contribution is 0.0351. The van der Waals surface area contributed by atoms with Gasteiger partial charge in [0.1, 0.15) is 11.6 Å². The van der Waals surface area contributed by atoms with E-state index in [2.05, 4.69) is 83.2 Å². The summed E-state index contributed by atoms with van der Waals surface area (Å²) in [6, 6.07) is 12.2. The van der Waals surface area contributed by atoms with E-state index >= 15 is 0 Å². The molecule has 0 unspecified atom stereocenters. The van der Waals surface area contributed by atoms with E-state index in [4.69, 9.17) is 0 Å². The molecule has 13 heteroatoms. The number of piperazine rings is 1. The molecule has 5 heterocycles. The average Bonchev–Trinajstić information content (AvgIpc) is 3.83. The topological polar surface area (TPSA) is 133 Å². The second-order valence-corrected chi connectivity index (χ2v) is 15.4. The van der Waals surface area contributed by atoms with E-state index in [1.54, 1.807) is 18.5 Å². The van der Waals surface area contributed by atoms with E-state index < -0.39 is 15.6 Å². The maximum absolute atomic E-state index is 12.6. The lowest BCUT2D eigenvalue weighted by atomic mass is 9.93. The van der Waals surface area contributed by atoms with Crippen molar-refractivity contribution in [3.05, 3.63) is 77.9 Å². The van der Waals surface area contributed by atoms with Crippen molar-refractivity contribution in [2.75, 3.05) is 56.5 Å². The van der Waals surface area contributed by atoms with Crippen molar-refractivity contribution in [2.45, 2.75) is 50.0 Å². The van der Waals surface area contributed by atoms with Crippen molar-refractivity contribution in [1.82, 2.24) is 33.9 Å². The van der Waals surface area contributed by atoms with Crippen molar-refractivity contribution in [3.63, 3.8) is 0 Å². The third kappa shape index (κ3) is 7.52. The van der Waals surface area contributed by atoms with E-state index in [9.17, 15) is 13.5 Å². The Balaban J connectivity index is 1.10. The van der Waals surface area contributed by atoms with Crippen molar-refractivity contribution in [3.8, 4) is 23.2 Å². The molecular formula is C35H41N9O3S. The van der Waals surface area contributed by atoms with Crippen LogP contribution in [0.25, 0.3) is 11.4 Å². The maximum atomic E-state index is 12.6. The first kappa shape index (κ1) is 32.2. The third-order valence-electron chi connectivity index (χ3n) is 9.30. The smallest absolute Gasteiger partial charge is 0.256 e. The molecule has 250 valence electrons. The van der Waals surface area contributed by atoms with Gasteiger partial charge < -0.3 is 20.2 Å². The second kappa shape index (κ2) is 13.3. The Morgan fingerprint density at radius 3 is 2.44 bits per heavy atom. The van der Waals surface area contributed by atoms with Gasteiger partial charge in [0.15, 0.2) is 5.82 Å². The average molecular weight is 668 g/mol. The highest BCUT2D eigenvalue weighted by Crippen LogP contribution is 2.32. The van der Waals surface area contributed by atoms with Gasteiger partial charge in [-0.1, -0.05) is 24.0 Å². The number of benzene rings is 1. The Morgan fingerprint density at radius 1 is 0.958 bits per heavy atom. The summed E-state index contributed by atoms with van der Waals surface area (Å²) < 4.78 is 26.2. The molecule has 12 nitrogen and oxygen atoms in total. The lowest BCUT2D eigenvalue weighted by Gasteiger charge is -2.37. The van der Waals surface area contributed by atoms with Crippen LogP contribution in [-0.4, -0.2) is 105 Å². The van der Waals surface area contributed by atoms with Crippen molar-refractivity contribution in [1.29, 1.82) is 0 Å². The zero-order valence-corrected chi connectivity index (χ0v) is 28.2. The highest BCUT2D eigenvalue weighted by molar-refractivity contribution is 7.90. The SMILES string of the molecule is CN1CCN(Cc2ccc(C#Cc3cnc(Nc4ccnc(-c5cnn(S(=O)(=O)C6CC6)c5)n4)cc3N3CCC(C)(O)CC3)cc2)CC1. The highest BCUT2D eigenvalue weighted by atomic mass is 32.2. The summed E-state index contributed by atoms with van der Waals surface area (Å²) in [6.45, 7) is 8.59. The predicted molar refractivity (Wildman–Crippen MR) is 185 cm³/mol. The predicted octanol–water partition coefficient (Wildman–Crippen LogP) is 3.32. The third-order valence-corrected chi connectivity index (χ3v) is 11.3. The van der Waals surface area contributed by atoms with Gasteiger partial charge in [0.05, 0.1) is 40.1 Å². The minimum absolute atomic E-state index is 0.354. The largest absolute Gasteiger partial charge is 0.390 e. The first-order chi connectivity index (χ1) is 23.1. The number of nitrogens with zero attached hydrogens (tertiary/aromatic N) is 8. The van der Waals surface area contributed by atoms with Gasteiger partial charge in [-0.3, -0.25) is 4.90 Å². The van der Waals surface area contributed by atoms with Gasteiger partial charge >= 0.3 is 0 Å². The van der Waals surface area contributed by atoms with Gasteiger partial charge in [-0.2, -0.15) is 9.19 Å². The molecule has 1 saturated carbocycles. The van der Waals surface area contributed by atoms with Crippen LogP contribution in [0.2, 0.25) is 0 Å².